The molecule has 6 aliphatic carbocycles. The van der Waals surface area contributed by atoms with E-state index in [4.69, 9.17) is 9.47 Å². The summed E-state index contributed by atoms with van der Waals surface area (Å²) in [6.45, 7) is 0. The summed E-state index contributed by atoms with van der Waals surface area (Å²) in [4.78, 5) is 26.8. The first-order valence-corrected chi connectivity index (χ1v) is 13.6. The third-order valence-electron chi connectivity index (χ3n) is 11.1. The largest absolute Gasteiger partial charge is 0.486 e. The number of allylic oxidation sites excluding steroid dienone is 2. The molecule has 4 nitrogen and oxygen atoms in total. The Morgan fingerprint density at radius 1 is 0.500 bits per heavy atom. The van der Waals surface area contributed by atoms with E-state index in [2.05, 4.69) is 0 Å². The monoisotopic (exact) mass is 434 g/mol. The Balaban J connectivity index is 1.07. The molecule has 2 aliphatic heterocycles. The molecule has 0 aromatic heterocycles. The SMILES string of the molecule is O=C1C2=C(C3CCCCC3O2)C2CC3CC4C(=O)C5=C(C6CCCCC6O5)C4CC3CC12. The first kappa shape index (κ1) is 18.8. The fourth-order valence-electron chi connectivity index (χ4n) is 9.78. The zero-order valence-corrected chi connectivity index (χ0v) is 18.9. The van der Waals surface area contributed by atoms with Gasteiger partial charge in [-0.25, -0.2) is 0 Å². The number of ketones is 2. The van der Waals surface area contributed by atoms with Crippen LogP contribution in [0.1, 0.15) is 77.0 Å². The minimum atomic E-state index is 0.161. The lowest BCUT2D eigenvalue weighted by Gasteiger charge is -2.47. The van der Waals surface area contributed by atoms with Crippen LogP contribution in [0.3, 0.4) is 0 Å². The highest BCUT2D eigenvalue weighted by molar-refractivity contribution is 6.01. The van der Waals surface area contributed by atoms with Gasteiger partial charge in [0.05, 0.1) is 0 Å². The van der Waals surface area contributed by atoms with Gasteiger partial charge in [-0.1, -0.05) is 12.8 Å². The molecule has 4 heteroatoms. The minimum Gasteiger partial charge on any atom is -0.486 e. The Kier molecular flexibility index (Phi) is 3.82. The first-order chi connectivity index (χ1) is 15.7. The van der Waals surface area contributed by atoms with Gasteiger partial charge in [0.15, 0.2) is 11.5 Å². The van der Waals surface area contributed by atoms with E-state index >= 15 is 0 Å². The number of rotatable bonds is 0. The zero-order valence-electron chi connectivity index (χ0n) is 18.9. The van der Waals surface area contributed by atoms with Crippen molar-refractivity contribution in [3.05, 3.63) is 22.7 Å². The van der Waals surface area contributed by atoms with E-state index in [1.807, 2.05) is 0 Å². The fourth-order valence-corrected chi connectivity index (χ4v) is 9.78. The van der Waals surface area contributed by atoms with Gasteiger partial charge in [-0.05, 0) is 99.0 Å². The van der Waals surface area contributed by atoms with Gasteiger partial charge in [-0.2, -0.15) is 0 Å². The summed E-state index contributed by atoms with van der Waals surface area (Å²) < 4.78 is 12.6. The molecule has 0 radical (unpaired) electrons. The topological polar surface area (TPSA) is 52.6 Å². The molecule has 32 heavy (non-hydrogen) atoms. The average molecular weight is 435 g/mol. The molecule has 0 spiro atoms. The van der Waals surface area contributed by atoms with Gasteiger partial charge in [-0.15, -0.1) is 0 Å². The van der Waals surface area contributed by atoms with Crippen molar-refractivity contribution in [1.82, 2.24) is 0 Å². The number of hydrogen-bond acceptors (Lipinski definition) is 4. The van der Waals surface area contributed by atoms with E-state index in [9.17, 15) is 9.59 Å². The van der Waals surface area contributed by atoms with E-state index in [0.717, 1.165) is 50.0 Å². The van der Waals surface area contributed by atoms with Crippen molar-refractivity contribution in [2.75, 3.05) is 0 Å². The predicted molar refractivity (Wildman–Crippen MR) is 117 cm³/mol. The Morgan fingerprint density at radius 3 is 1.38 bits per heavy atom. The maximum atomic E-state index is 13.4. The summed E-state index contributed by atoms with van der Waals surface area (Å²) in [5.74, 6) is 5.56. The summed E-state index contributed by atoms with van der Waals surface area (Å²) in [7, 11) is 0. The van der Waals surface area contributed by atoms with Crippen LogP contribution in [0.4, 0.5) is 0 Å². The van der Waals surface area contributed by atoms with Crippen LogP contribution in [-0.2, 0) is 19.1 Å². The minimum absolute atomic E-state index is 0.161. The smallest absolute Gasteiger partial charge is 0.201 e. The summed E-state index contributed by atoms with van der Waals surface area (Å²) in [5.41, 5.74) is 2.83. The van der Waals surface area contributed by atoms with Gasteiger partial charge in [0.2, 0.25) is 11.6 Å². The highest BCUT2D eigenvalue weighted by Crippen LogP contribution is 2.62. The molecule has 170 valence electrons. The van der Waals surface area contributed by atoms with Crippen molar-refractivity contribution >= 4 is 11.6 Å². The first-order valence-electron chi connectivity index (χ1n) is 13.6. The van der Waals surface area contributed by atoms with Crippen LogP contribution < -0.4 is 0 Å². The molecule has 2 heterocycles. The number of Topliss-reactive ketones (excluding diaryl/α,β-unsaturated/α-hetero) is 2. The van der Waals surface area contributed by atoms with E-state index in [0.29, 0.717) is 47.1 Å². The van der Waals surface area contributed by atoms with Gasteiger partial charge in [0, 0.05) is 23.7 Å². The lowest BCUT2D eigenvalue weighted by atomic mass is 9.56. The Hall–Kier alpha value is -1.58. The Bertz CT molecular complexity index is 896. The van der Waals surface area contributed by atoms with Crippen LogP contribution in [0.2, 0.25) is 0 Å². The quantitative estimate of drug-likeness (QED) is 0.531. The standard InChI is InChI=1S/C28H34O4/c29-25-19-11-14-10-18-20(26(30)28-24(18)16-6-2-4-8-22(16)32-28)12-13(14)9-17(19)23-15-5-1-3-7-21(15)31-27(23)25/h13-22H,1-12H2. The molecular formula is C28H34O4. The molecule has 0 N–H and O–H groups in total. The summed E-state index contributed by atoms with van der Waals surface area (Å²) in [6.07, 6.45) is 14.5. The lowest BCUT2D eigenvalue weighted by molar-refractivity contribution is -0.130. The second kappa shape index (κ2) is 6.51. The molecule has 0 saturated heterocycles. The molecule has 4 fully saturated rings. The number of ether oxygens (including phenoxy) is 2. The number of carbonyl (C=O) groups is 2. The van der Waals surface area contributed by atoms with Crippen LogP contribution in [-0.4, -0.2) is 23.8 Å². The van der Waals surface area contributed by atoms with E-state index < -0.39 is 0 Å². The fraction of sp³-hybridized carbons (Fsp3) is 0.786. The van der Waals surface area contributed by atoms with E-state index in [1.54, 1.807) is 0 Å². The van der Waals surface area contributed by atoms with Crippen LogP contribution in [0.25, 0.3) is 0 Å². The maximum Gasteiger partial charge on any atom is 0.201 e. The average Bonchev–Trinajstić information content (AvgIpc) is 3.52. The molecule has 8 aliphatic rings. The van der Waals surface area contributed by atoms with Gasteiger partial charge in [-0.3, -0.25) is 9.59 Å². The van der Waals surface area contributed by atoms with Gasteiger partial charge in [0.1, 0.15) is 12.2 Å². The number of fused-ring (bicyclic) bond motifs is 9. The summed E-state index contributed by atoms with van der Waals surface area (Å²) >= 11 is 0. The third-order valence-corrected chi connectivity index (χ3v) is 11.1. The van der Waals surface area contributed by atoms with Crippen molar-refractivity contribution in [3.8, 4) is 0 Å². The molecule has 0 amide bonds. The van der Waals surface area contributed by atoms with Crippen molar-refractivity contribution in [1.29, 1.82) is 0 Å². The van der Waals surface area contributed by atoms with Crippen molar-refractivity contribution in [2.45, 2.75) is 89.3 Å². The summed E-state index contributed by atoms with van der Waals surface area (Å²) in [5, 5.41) is 0. The predicted octanol–water partition coefficient (Wildman–Crippen LogP) is 5.12. The van der Waals surface area contributed by atoms with Crippen LogP contribution >= 0.6 is 0 Å². The molecule has 8 rings (SSSR count). The second-order valence-corrected chi connectivity index (χ2v) is 12.3. The van der Waals surface area contributed by atoms with Crippen LogP contribution in [0.15, 0.2) is 22.7 Å². The molecule has 10 atom stereocenters. The van der Waals surface area contributed by atoms with Gasteiger partial charge < -0.3 is 9.47 Å². The second-order valence-electron chi connectivity index (χ2n) is 12.3. The van der Waals surface area contributed by atoms with Crippen molar-refractivity contribution < 1.29 is 19.1 Å². The number of carbonyl (C=O) groups excluding carboxylic acids is 2. The lowest BCUT2D eigenvalue weighted by Crippen LogP contribution is -2.43. The Labute approximate surface area is 190 Å². The molecule has 0 bridgehead atoms. The van der Waals surface area contributed by atoms with Gasteiger partial charge >= 0.3 is 0 Å². The highest BCUT2D eigenvalue weighted by Gasteiger charge is 2.60. The van der Waals surface area contributed by atoms with Crippen molar-refractivity contribution in [2.24, 2.45) is 47.3 Å². The van der Waals surface area contributed by atoms with Gasteiger partial charge in [0.25, 0.3) is 0 Å². The van der Waals surface area contributed by atoms with Crippen molar-refractivity contribution in [3.63, 3.8) is 0 Å². The van der Waals surface area contributed by atoms with Crippen LogP contribution in [0.5, 0.6) is 0 Å². The maximum absolute atomic E-state index is 13.4. The number of hydrogen-bond donors (Lipinski definition) is 0. The molecule has 0 aromatic carbocycles. The van der Waals surface area contributed by atoms with E-state index in [1.165, 1.54) is 49.7 Å². The third kappa shape index (κ3) is 2.30. The molecule has 4 saturated carbocycles. The molecule has 10 unspecified atom stereocenters. The zero-order chi connectivity index (χ0) is 21.1. The van der Waals surface area contributed by atoms with E-state index in [-0.39, 0.29) is 24.0 Å². The molecule has 0 aromatic rings. The highest BCUT2D eigenvalue weighted by atomic mass is 16.5. The summed E-state index contributed by atoms with van der Waals surface area (Å²) in [6, 6.07) is 0. The molecular weight excluding hydrogens is 400 g/mol. The normalized spacial score (nSPS) is 50.6. The van der Waals surface area contributed by atoms with Crippen LogP contribution in [0, 0.1) is 47.3 Å². The Morgan fingerprint density at radius 2 is 0.906 bits per heavy atom.